The first-order valence-corrected chi connectivity index (χ1v) is 10.1. The number of benzene rings is 2. The van der Waals surface area contributed by atoms with Crippen molar-refractivity contribution in [3.05, 3.63) is 64.1 Å². The molecular formula is C17H15Cl2NO4S. The van der Waals surface area contributed by atoms with Crippen molar-refractivity contribution in [3.63, 3.8) is 0 Å². The van der Waals surface area contributed by atoms with Gasteiger partial charge in [0.2, 0.25) is 0 Å². The first-order valence-electron chi connectivity index (χ1n) is 7.51. The highest BCUT2D eigenvalue weighted by Gasteiger charge is 2.40. The van der Waals surface area contributed by atoms with E-state index >= 15 is 0 Å². The third-order valence-corrected chi connectivity index (χ3v) is 6.04. The second-order valence-corrected chi connectivity index (χ2v) is 8.81. The minimum Gasteiger partial charge on any atom is -0.455 e. The number of halogens is 2. The van der Waals surface area contributed by atoms with Crippen LogP contribution in [0.3, 0.4) is 0 Å². The summed E-state index contributed by atoms with van der Waals surface area (Å²) in [7, 11) is -3.29. The summed E-state index contributed by atoms with van der Waals surface area (Å²) in [5.74, 6) is -0.895. The summed E-state index contributed by atoms with van der Waals surface area (Å²) in [4.78, 5) is 12.3. The first-order chi connectivity index (χ1) is 11.8. The molecule has 1 N–H and O–H groups in total. The normalized spacial score (nSPS) is 21.7. The average molecular weight is 400 g/mol. The Balaban J connectivity index is 1.74. The summed E-state index contributed by atoms with van der Waals surface area (Å²) in [5.41, 5.74) is 1.03. The van der Waals surface area contributed by atoms with E-state index in [0.29, 0.717) is 21.3 Å². The number of ether oxygens (including phenoxy) is 1. The van der Waals surface area contributed by atoms with Crippen LogP contribution in [0.5, 0.6) is 0 Å². The van der Waals surface area contributed by atoms with Gasteiger partial charge in [-0.1, -0.05) is 23.2 Å². The third-order valence-electron chi connectivity index (χ3n) is 3.84. The Morgan fingerprint density at radius 3 is 2.12 bits per heavy atom. The molecule has 0 saturated carbocycles. The molecule has 1 saturated heterocycles. The predicted molar refractivity (Wildman–Crippen MR) is 98.2 cm³/mol. The van der Waals surface area contributed by atoms with E-state index in [0.717, 1.165) is 0 Å². The Hall–Kier alpha value is -1.76. The van der Waals surface area contributed by atoms with Crippen molar-refractivity contribution in [2.24, 2.45) is 0 Å². The molecule has 2 atom stereocenters. The lowest BCUT2D eigenvalue weighted by atomic mass is 10.2. The van der Waals surface area contributed by atoms with Crippen LogP contribution in [0.4, 0.5) is 5.69 Å². The monoisotopic (exact) mass is 399 g/mol. The largest absolute Gasteiger partial charge is 0.455 e. The number of esters is 1. The van der Waals surface area contributed by atoms with Gasteiger partial charge in [-0.25, -0.2) is 13.2 Å². The number of hydrogen-bond acceptors (Lipinski definition) is 5. The second-order valence-electron chi connectivity index (χ2n) is 5.79. The topological polar surface area (TPSA) is 72.5 Å². The molecule has 0 aromatic heterocycles. The molecule has 25 heavy (non-hydrogen) atoms. The van der Waals surface area contributed by atoms with Crippen LogP contribution >= 0.6 is 23.2 Å². The Labute approximate surface area is 155 Å². The second kappa shape index (κ2) is 7.23. The molecule has 8 heteroatoms. The molecule has 1 aliphatic heterocycles. The minimum absolute atomic E-state index is 0.103. The van der Waals surface area contributed by atoms with E-state index < -0.39 is 28.0 Å². The van der Waals surface area contributed by atoms with E-state index in [1.54, 1.807) is 36.4 Å². The van der Waals surface area contributed by atoms with Gasteiger partial charge in [0.05, 0.1) is 23.1 Å². The van der Waals surface area contributed by atoms with Crippen LogP contribution < -0.4 is 5.32 Å². The van der Waals surface area contributed by atoms with E-state index in [9.17, 15) is 13.2 Å². The average Bonchev–Trinajstić information content (AvgIpc) is 2.83. The van der Waals surface area contributed by atoms with Gasteiger partial charge in [-0.2, -0.15) is 0 Å². The molecule has 2 aromatic rings. The van der Waals surface area contributed by atoms with Crippen molar-refractivity contribution in [1.82, 2.24) is 0 Å². The van der Waals surface area contributed by atoms with Crippen molar-refractivity contribution in [2.75, 3.05) is 16.8 Å². The zero-order valence-corrected chi connectivity index (χ0v) is 15.3. The van der Waals surface area contributed by atoms with Crippen molar-refractivity contribution >= 4 is 44.7 Å². The van der Waals surface area contributed by atoms with Crippen LogP contribution in [0.1, 0.15) is 10.4 Å². The molecule has 0 aliphatic carbocycles. The summed E-state index contributed by atoms with van der Waals surface area (Å²) >= 11 is 11.6. The van der Waals surface area contributed by atoms with Crippen molar-refractivity contribution in [3.8, 4) is 0 Å². The van der Waals surface area contributed by atoms with E-state index in [1.807, 2.05) is 0 Å². The standard InChI is InChI=1S/C17H15Cl2NO4S/c18-12-3-1-11(2-4-12)17(21)24-16-10-25(22,23)9-15(16)20-14-7-5-13(19)6-8-14/h1-8,15-16,20H,9-10H2/t15-,16-/m0/s1. The molecule has 2 aromatic carbocycles. The Morgan fingerprint density at radius 1 is 0.960 bits per heavy atom. The Morgan fingerprint density at radius 2 is 1.52 bits per heavy atom. The van der Waals surface area contributed by atoms with Gasteiger partial charge in [-0.05, 0) is 48.5 Å². The van der Waals surface area contributed by atoms with Crippen LogP contribution in [0, 0.1) is 0 Å². The van der Waals surface area contributed by atoms with Gasteiger partial charge in [0.25, 0.3) is 0 Å². The quantitative estimate of drug-likeness (QED) is 0.797. The number of carbonyl (C=O) groups is 1. The molecular weight excluding hydrogens is 385 g/mol. The molecule has 0 unspecified atom stereocenters. The van der Waals surface area contributed by atoms with Gasteiger partial charge in [0, 0.05) is 15.7 Å². The van der Waals surface area contributed by atoms with Crippen LogP contribution in [-0.4, -0.2) is 38.0 Å². The molecule has 1 heterocycles. The zero-order valence-electron chi connectivity index (χ0n) is 13.0. The highest BCUT2D eigenvalue weighted by molar-refractivity contribution is 7.91. The lowest BCUT2D eigenvalue weighted by molar-refractivity contribution is 0.0337. The summed E-state index contributed by atoms with van der Waals surface area (Å²) < 4.78 is 29.4. The van der Waals surface area contributed by atoms with Crippen molar-refractivity contribution < 1.29 is 17.9 Å². The van der Waals surface area contributed by atoms with Crippen LogP contribution in [-0.2, 0) is 14.6 Å². The van der Waals surface area contributed by atoms with Gasteiger partial charge in [0.1, 0.15) is 6.10 Å². The summed E-state index contributed by atoms with van der Waals surface area (Å²) in [6, 6.07) is 12.6. The summed E-state index contributed by atoms with van der Waals surface area (Å²) in [6.45, 7) is 0. The highest BCUT2D eigenvalue weighted by Crippen LogP contribution is 2.23. The fourth-order valence-corrected chi connectivity index (χ4v) is 4.65. The molecule has 0 radical (unpaired) electrons. The number of sulfone groups is 1. The van der Waals surface area contributed by atoms with Gasteiger partial charge in [-0.15, -0.1) is 0 Å². The van der Waals surface area contributed by atoms with E-state index in [1.165, 1.54) is 12.1 Å². The SMILES string of the molecule is O=C(O[C@H]1CS(=O)(=O)C[C@@H]1Nc1ccc(Cl)cc1)c1ccc(Cl)cc1. The Kier molecular flexibility index (Phi) is 5.22. The van der Waals surface area contributed by atoms with Crippen LogP contribution in [0.25, 0.3) is 0 Å². The first kappa shape index (κ1) is 18.0. The van der Waals surface area contributed by atoms with Crippen molar-refractivity contribution in [2.45, 2.75) is 12.1 Å². The van der Waals surface area contributed by atoms with Crippen molar-refractivity contribution in [1.29, 1.82) is 0 Å². The fourth-order valence-electron chi connectivity index (χ4n) is 2.62. The zero-order chi connectivity index (χ0) is 18.0. The molecule has 0 amide bonds. The van der Waals surface area contributed by atoms with Gasteiger partial charge < -0.3 is 10.1 Å². The molecule has 0 bridgehead atoms. The molecule has 132 valence electrons. The molecule has 1 fully saturated rings. The van der Waals surface area contributed by atoms with Crippen LogP contribution in [0.2, 0.25) is 10.0 Å². The number of carbonyl (C=O) groups excluding carboxylic acids is 1. The number of hydrogen-bond donors (Lipinski definition) is 1. The maximum absolute atomic E-state index is 12.3. The van der Waals surface area contributed by atoms with Gasteiger partial charge in [0.15, 0.2) is 9.84 Å². The smallest absolute Gasteiger partial charge is 0.338 e. The summed E-state index contributed by atoms with van der Waals surface area (Å²) in [6.07, 6.45) is -0.774. The Bertz CT molecular complexity index is 867. The lowest BCUT2D eigenvalue weighted by Crippen LogP contribution is -2.35. The molecule has 3 rings (SSSR count). The van der Waals surface area contributed by atoms with Crippen LogP contribution in [0.15, 0.2) is 48.5 Å². The van der Waals surface area contributed by atoms with E-state index in [4.69, 9.17) is 27.9 Å². The number of nitrogens with one attached hydrogen (secondary N) is 1. The maximum atomic E-state index is 12.3. The molecule has 0 spiro atoms. The number of rotatable bonds is 4. The van der Waals surface area contributed by atoms with Gasteiger partial charge in [-0.3, -0.25) is 0 Å². The number of anilines is 1. The lowest BCUT2D eigenvalue weighted by Gasteiger charge is -2.21. The van der Waals surface area contributed by atoms with Gasteiger partial charge >= 0.3 is 5.97 Å². The molecule has 5 nitrogen and oxygen atoms in total. The predicted octanol–water partition coefficient (Wildman–Crippen LogP) is 3.43. The third kappa shape index (κ3) is 4.66. The van der Waals surface area contributed by atoms with E-state index in [2.05, 4.69) is 5.32 Å². The minimum atomic E-state index is -3.29. The fraction of sp³-hybridized carbons (Fsp3) is 0.235. The summed E-state index contributed by atoms with van der Waals surface area (Å²) in [5, 5.41) is 4.18. The molecule has 1 aliphatic rings. The maximum Gasteiger partial charge on any atom is 0.338 e. The van der Waals surface area contributed by atoms with E-state index in [-0.39, 0.29) is 11.5 Å². The highest BCUT2D eigenvalue weighted by atomic mass is 35.5.